The highest BCUT2D eigenvalue weighted by Crippen LogP contribution is 2.39. The Morgan fingerprint density at radius 2 is 1.06 bits per heavy atom. The lowest BCUT2D eigenvalue weighted by atomic mass is 9.67. The Bertz CT molecular complexity index is 377. The Balaban J connectivity index is 3.12. The van der Waals surface area contributed by atoms with Gasteiger partial charge in [0.05, 0.1) is 23.7 Å². The third-order valence-electron chi connectivity index (χ3n) is 3.21. The molecule has 1 saturated carbocycles. The zero-order chi connectivity index (χ0) is 14.0. The predicted molar refractivity (Wildman–Crippen MR) is 53.7 cm³/mol. The van der Waals surface area contributed by atoms with Gasteiger partial charge in [-0.25, -0.2) is 0 Å². The van der Waals surface area contributed by atoms with Gasteiger partial charge in [-0.15, -0.1) is 0 Å². The van der Waals surface area contributed by atoms with Gasteiger partial charge in [0, 0.05) is 0 Å². The van der Waals surface area contributed by atoms with Gasteiger partial charge in [-0.2, -0.15) is 0 Å². The molecule has 1 fully saturated rings. The molecule has 0 aliphatic heterocycles. The molecule has 0 spiro atoms. The lowest BCUT2D eigenvalue weighted by Crippen LogP contribution is -2.46. The molecular weight excluding hydrogens is 248 g/mol. The second kappa shape index (κ2) is 5.03. The van der Waals surface area contributed by atoms with Crippen LogP contribution in [0.2, 0.25) is 0 Å². The minimum Gasteiger partial charge on any atom is -0.481 e. The fraction of sp³-hybridized carbons (Fsp3) is 0.600. The van der Waals surface area contributed by atoms with Crippen molar-refractivity contribution in [3.63, 3.8) is 0 Å². The van der Waals surface area contributed by atoms with Gasteiger partial charge in [0.15, 0.2) is 0 Å². The van der Waals surface area contributed by atoms with Crippen molar-refractivity contribution in [2.75, 3.05) is 0 Å². The number of aliphatic carboxylic acids is 4. The summed E-state index contributed by atoms with van der Waals surface area (Å²) in [5, 5.41) is 35.6. The normalized spacial score (nSPS) is 31.6. The number of carbonyl (C=O) groups is 4. The van der Waals surface area contributed by atoms with Crippen molar-refractivity contribution in [2.45, 2.75) is 12.8 Å². The second-order valence-electron chi connectivity index (χ2n) is 4.26. The van der Waals surface area contributed by atoms with Crippen LogP contribution in [0.5, 0.6) is 0 Å². The minimum absolute atomic E-state index is 0.370. The van der Waals surface area contributed by atoms with E-state index in [1.54, 1.807) is 0 Å². The van der Waals surface area contributed by atoms with Crippen molar-refractivity contribution >= 4 is 23.9 Å². The summed E-state index contributed by atoms with van der Waals surface area (Å²) in [6.45, 7) is 0. The van der Waals surface area contributed by atoms with E-state index < -0.39 is 47.5 Å². The largest absolute Gasteiger partial charge is 0.481 e. The van der Waals surface area contributed by atoms with Crippen LogP contribution in [0.25, 0.3) is 0 Å². The summed E-state index contributed by atoms with van der Waals surface area (Å²) in [7, 11) is 0. The molecule has 8 heteroatoms. The van der Waals surface area contributed by atoms with E-state index >= 15 is 0 Å². The fourth-order valence-corrected chi connectivity index (χ4v) is 2.34. The first kappa shape index (κ1) is 13.9. The van der Waals surface area contributed by atoms with E-state index in [9.17, 15) is 19.2 Å². The fourth-order valence-electron chi connectivity index (χ4n) is 2.34. The van der Waals surface area contributed by atoms with Gasteiger partial charge < -0.3 is 20.4 Å². The molecular formula is C10H12O8. The maximum absolute atomic E-state index is 11.0. The molecule has 0 radical (unpaired) electrons. The standard InChI is InChI=1S/C10H12O8/c11-7(12)3-1-4(8(13)14)6(10(17)18)5(2-3)9(15)16/h3-6H,1-2H2,(H,11,12)(H,13,14)(H,15,16)(H,17,18)/t3?,4-,5?,6?/m0/s1. The molecule has 1 aliphatic rings. The molecule has 4 atom stereocenters. The quantitative estimate of drug-likeness (QED) is 0.532. The highest BCUT2D eigenvalue weighted by molar-refractivity contribution is 5.87. The van der Waals surface area contributed by atoms with Crippen LogP contribution >= 0.6 is 0 Å². The van der Waals surface area contributed by atoms with E-state index in [1.165, 1.54) is 0 Å². The van der Waals surface area contributed by atoms with Crippen molar-refractivity contribution in [2.24, 2.45) is 23.7 Å². The van der Waals surface area contributed by atoms with E-state index in [0.717, 1.165) is 0 Å². The van der Waals surface area contributed by atoms with Gasteiger partial charge in [0.2, 0.25) is 0 Å². The summed E-state index contributed by atoms with van der Waals surface area (Å²) in [5.41, 5.74) is 0. The maximum atomic E-state index is 11.0. The summed E-state index contributed by atoms with van der Waals surface area (Å²) in [4.78, 5) is 43.7. The van der Waals surface area contributed by atoms with Gasteiger partial charge in [0.1, 0.15) is 0 Å². The average Bonchev–Trinajstić information content (AvgIpc) is 2.26. The van der Waals surface area contributed by atoms with Crippen LogP contribution in [0, 0.1) is 23.7 Å². The first-order chi connectivity index (χ1) is 8.25. The molecule has 4 N–H and O–H groups in total. The molecule has 100 valence electrons. The highest BCUT2D eigenvalue weighted by atomic mass is 16.4. The van der Waals surface area contributed by atoms with Crippen LogP contribution in [0.1, 0.15) is 12.8 Å². The summed E-state index contributed by atoms with van der Waals surface area (Å²) in [6, 6.07) is 0. The van der Waals surface area contributed by atoms with E-state index in [4.69, 9.17) is 20.4 Å². The summed E-state index contributed by atoms with van der Waals surface area (Å²) >= 11 is 0. The molecule has 0 aromatic rings. The Labute approximate surface area is 101 Å². The van der Waals surface area contributed by atoms with Gasteiger partial charge >= 0.3 is 23.9 Å². The topological polar surface area (TPSA) is 149 Å². The van der Waals surface area contributed by atoms with E-state index in [-0.39, 0.29) is 12.8 Å². The molecule has 0 amide bonds. The number of carboxylic acid groups (broad SMARTS) is 4. The molecule has 0 aromatic carbocycles. The smallest absolute Gasteiger partial charge is 0.308 e. The van der Waals surface area contributed by atoms with Crippen molar-refractivity contribution < 1.29 is 39.6 Å². The third-order valence-corrected chi connectivity index (χ3v) is 3.21. The van der Waals surface area contributed by atoms with E-state index in [2.05, 4.69) is 0 Å². The third kappa shape index (κ3) is 2.58. The molecule has 18 heavy (non-hydrogen) atoms. The molecule has 3 unspecified atom stereocenters. The molecule has 8 nitrogen and oxygen atoms in total. The predicted octanol–water partition coefficient (Wildman–Crippen LogP) is -0.417. The van der Waals surface area contributed by atoms with Crippen LogP contribution in [-0.4, -0.2) is 44.3 Å². The first-order valence-electron chi connectivity index (χ1n) is 5.17. The van der Waals surface area contributed by atoms with Gasteiger partial charge in [-0.3, -0.25) is 19.2 Å². The van der Waals surface area contributed by atoms with Gasteiger partial charge in [-0.05, 0) is 12.8 Å². The molecule has 1 rings (SSSR count). The zero-order valence-corrected chi connectivity index (χ0v) is 9.15. The molecule has 1 aliphatic carbocycles. The van der Waals surface area contributed by atoms with Crippen molar-refractivity contribution in [3.8, 4) is 0 Å². The average molecular weight is 260 g/mol. The van der Waals surface area contributed by atoms with Crippen LogP contribution in [0.3, 0.4) is 0 Å². The van der Waals surface area contributed by atoms with Crippen molar-refractivity contribution in [1.82, 2.24) is 0 Å². The van der Waals surface area contributed by atoms with Gasteiger partial charge in [0.25, 0.3) is 0 Å². The van der Waals surface area contributed by atoms with E-state index in [0.29, 0.717) is 0 Å². The SMILES string of the molecule is O=C(O)C1CC(C(=O)O)C(C(=O)O)[C@@H](C(=O)O)C1. The second-order valence-corrected chi connectivity index (χ2v) is 4.26. The highest BCUT2D eigenvalue weighted by Gasteiger charge is 2.50. The number of carboxylic acids is 4. The monoisotopic (exact) mass is 260 g/mol. The van der Waals surface area contributed by atoms with Crippen LogP contribution in [0.15, 0.2) is 0 Å². The van der Waals surface area contributed by atoms with Gasteiger partial charge in [-0.1, -0.05) is 0 Å². The Hall–Kier alpha value is -2.12. The summed E-state index contributed by atoms with van der Waals surface area (Å²) < 4.78 is 0. The van der Waals surface area contributed by atoms with Crippen molar-refractivity contribution in [3.05, 3.63) is 0 Å². The summed E-state index contributed by atoms with van der Waals surface area (Å²) in [5.74, 6) is -11.6. The molecule has 0 heterocycles. The molecule has 0 bridgehead atoms. The zero-order valence-electron chi connectivity index (χ0n) is 9.15. The Morgan fingerprint density at radius 1 is 0.667 bits per heavy atom. The Morgan fingerprint density at radius 3 is 1.28 bits per heavy atom. The number of rotatable bonds is 4. The van der Waals surface area contributed by atoms with Crippen LogP contribution in [0.4, 0.5) is 0 Å². The maximum Gasteiger partial charge on any atom is 0.308 e. The minimum atomic E-state index is -1.60. The molecule has 0 saturated heterocycles. The van der Waals surface area contributed by atoms with Crippen LogP contribution < -0.4 is 0 Å². The lowest BCUT2D eigenvalue weighted by molar-refractivity contribution is -0.169. The summed E-state index contributed by atoms with van der Waals surface area (Å²) in [6.07, 6.45) is -0.739. The Kier molecular flexibility index (Phi) is 3.89. The first-order valence-corrected chi connectivity index (χ1v) is 5.17. The van der Waals surface area contributed by atoms with Crippen LogP contribution in [-0.2, 0) is 19.2 Å². The number of hydrogen-bond acceptors (Lipinski definition) is 4. The number of hydrogen-bond donors (Lipinski definition) is 4. The molecule has 0 aromatic heterocycles. The lowest BCUT2D eigenvalue weighted by Gasteiger charge is -2.34. The van der Waals surface area contributed by atoms with E-state index in [1.807, 2.05) is 0 Å². The van der Waals surface area contributed by atoms with Crippen molar-refractivity contribution in [1.29, 1.82) is 0 Å².